The molecule has 0 unspecified atom stereocenters. The number of ether oxygens (including phenoxy) is 1. The second-order valence-electron chi connectivity index (χ2n) is 5.44. The van der Waals surface area contributed by atoms with Crippen molar-refractivity contribution in [3.8, 4) is 11.3 Å². The second kappa shape index (κ2) is 7.08. The molecule has 5 heteroatoms. The van der Waals surface area contributed by atoms with Crippen LogP contribution >= 0.6 is 0 Å². The van der Waals surface area contributed by atoms with E-state index >= 15 is 0 Å². The fourth-order valence-corrected chi connectivity index (χ4v) is 2.50. The molecule has 1 N–H and O–H groups in total. The highest BCUT2D eigenvalue weighted by Crippen LogP contribution is 2.27. The van der Waals surface area contributed by atoms with Gasteiger partial charge in [-0.2, -0.15) is 0 Å². The predicted octanol–water partition coefficient (Wildman–Crippen LogP) is 3.58. The van der Waals surface area contributed by atoms with Crippen LogP contribution in [0.4, 0.5) is 5.95 Å². The van der Waals surface area contributed by atoms with E-state index < -0.39 is 0 Å². The number of benzene rings is 2. The number of carbonyl (C=O) groups excluding carboxylic acids is 1. The van der Waals surface area contributed by atoms with Crippen LogP contribution in [0.5, 0.6) is 0 Å². The van der Waals surface area contributed by atoms with E-state index in [1.807, 2.05) is 49.4 Å². The van der Waals surface area contributed by atoms with Gasteiger partial charge in [0.1, 0.15) is 6.54 Å². The first-order valence-corrected chi connectivity index (χ1v) is 7.90. The summed E-state index contributed by atoms with van der Waals surface area (Å²) in [6, 6.07) is 16.0. The maximum absolute atomic E-state index is 11.5. The van der Waals surface area contributed by atoms with E-state index in [0.29, 0.717) is 12.6 Å². The molecule has 0 aliphatic rings. The van der Waals surface area contributed by atoms with E-state index in [1.54, 1.807) is 6.92 Å². The molecule has 0 bridgehead atoms. The fourth-order valence-electron chi connectivity index (χ4n) is 2.50. The fraction of sp³-hybridized carbons (Fsp3) is 0.211. The summed E-state index contributed by atoms with van der Waals surface area (Å²) in [6.45, 7) is 4.22. The molecule has 0 spiro atoms. The third-order valence-corrected chi connectivity index (χ3v) is 3.59. The van der Waals surface area contributed by atoms with Gasteiger partial charge in [-0.25, -0.2) is 9.97 Å². The number of aryl methyl sites for hydroxylation is 1. The van der Waals surface area contributed by atoms with Crippen LogP contribution in [-0.2, 0) is 9.53 Å². The summed E-state index contributed by atoms with van der Waals surface area (Å²) in [5, 5.41) is 3.94. The number of hydrogen-bond acceptors (Lipinski definition) is 5. The van der Waals surface area contributed by atoms with Gasteiger partial charge >= 0.3 is 5.97 Å². The molecule has 0 saturated carbocycles. The van der Waals surface area contributed by atoms with Crippen LogP contribution in [0.3, 0.4) is 0 Å². The Morgan fingerprint density at radius 1 is 1.12 bits per heavy atom. The number of esters is 1. The van der Waals surface area contributed by atoms with Crippen molar-refractivity contribution in [3.05, 3.63) is 54.1 Å². The Balaban J connectivity index is 2.03. The van der Waals surface area contributed by atoms with Crippen LogP contribution in [-0.4, -0.2) is 29.1 Å². The largest absolute Gasteiger partial charge is 0.465 e. The summed E-state index contributed by atoms with van der Waals surface area (Å²) >= 11 is 0. The monoisotopic (exact) mass is 321 g/mol. The summed E-state index contributed by atoms with van der Waals surface area (Å²) in [5.41, 5.74) is 3.83. The standard InChI is InChI=1S/C19H19N3O2/c1-3-24-17(23)12-20-19-21-16-10-9-13(2)11-15(16)18(22-19)14-7-5-4-6-8-14/h4-11H,3,12H2,1-2H3,(H,20,21,22). The first-order chi connectivity index (χ1) is 11.7. The highest BCUT2D eigenvalue weighted by molar-refractivity contribution is 5.93. The number of nitrogens with one attached hydrogen (secondary N) is 1. The molecule has 0 aliphatic carbocycles. The van der Waals surface area contributed by atoms with Gasteiger partial charge < -0.3 is 10.1 Å². The first kappa shape index (κ1) is 15.9. The molecule has 3 rings (SSSR count). The van der Waals surface area contributed by atoms with Gasteiger partial charge in [0.05, 0.1) is 17.8 Å². The SMILES string of the molecule is CCOC(=O)CNc1nc(-c2ccccc2)c2cc(C)ccc2n1. The van der Waals surface area contributed by atoms with Gasteiger partial charge in [0.2, 0.25) is 5.95 Å². The average molecular weight is 321 g/mol. The molecule has 1 heterocycles. The molecule has 0 radical (unpaired) electrons. The van der Waals surface area contributed by atoms with Gasteiger partial charge in [0, 0.05) is 10.9 Å². The zero-order valence-corrected chi connectivity index (χ0v) is 13.7. The van der Waals surface area contributed by atoms with E-state index in [-0.39, 0.29) is 12.5 Å². The van der Waals surface area contributed by atoms with Crippen molar-refractivity contribution in [1.82, 2.24) is 9.97 Å². The molecule has 3 aromatic rings. The highest BCUT2D eigenvalue weighted by atomic mass is 16.5. The maximum Gasteiger partial charge on any atom is 0.325 e. The highest BCUT2D eigenvalue weighted by Gasteiger charge is 2.11. The van der Waals surface area contributed by atoms with Crippen LogP contribution < -0.4 is 5.32 Å². The Kier molecular flexibility index (Phi) is 4.70. The smallest absolute Gasteiger partial charge is 0.325 e. The summed E-state index contributed by atoms with van der Waals surface area (Å²) in [6.07, 6.45) is 0. The van der Waals surface area contributed by atoms with Gasteiger partial charge in [-0.1, -0.05) is 42.0 Å². The molecule has 5 nitrogen and oxygen atoms in total. The normalized spacial score (nSPS) is 10.6. The maximum atomic E-state index is 11.5. The number of carbonyl (C=O) groups is 1. The lowest BCUT2D eigenvalue weighted by molar-refractivity contribution is -0.140. The molecule has 1 aromatic heterocycles. The van der Waals surface area contributed by atoms with Crippen molar-refractivity contribution in [3.63, 3.8) is 0 Å². The van der Waals surface area contributed by atoms with E-state index in [0.717, 1.165) is 27.7 Å². The quantitative estimate of drug-likeness (QED) is 0.728. The number of hydrogen-bond donors (Lipinski definition) is 1. The summed E-state index contributed by atoms with van der Waals surface area (Å²) in [7, 11) is 0. The zero-order valence-electron chi connectivity index (χ0n) is 13.7. The zero-order chi connectivity index (χ0) is 16.9. The predicted molar refractivity (Wildman–Crippen MR) is 94.8 cm³/mol. The average Bonchev–Trinajstić information content (AvgIpc) is 2.60. The molecule has 24 heavy (non-hydrogen) atoms. The Morgan fingerprint density at radius 2 is 1.92 bits per heavy atom. The van der Waals surface area contributed by atoms with Gasteiger partial charge in [0.15, 0.2) is 0 Å². The molecular weight excluding hydrogens is 302 g/mol. The molecule has 122 valence electrons. The minimum Gasteiger partial charge on any atom is -0.465 e. The molecule has 0 aliphatic heterocycles. The number of anilines is 1. The minimum absolute atomic E-state index is 0.0411. The lowest BCUT2D eigenvalue weighted by Crippen LogP contribution is -2.18. The molecule has 0 saturated heterocycles. The molecule has 0 fully saturated rings. The lowest BCUT2D eigenvalue weighted by Gasteiger charge is -2.11. The third kappa shape index (κ3) is 3.51. The van der Waals surface area contributed by atoms with Crippen molar-refractivity contribution in [2.45, 2.75) is 13.8 Å². The van der Waals surface area contributed by atoms with Crippen LogP contribution in [0.1, 0.15) is 12.5 Å². The summed E-state index contributed by atoms with van der Waals surface area (Å²) < 4.78 is 4.92. The third-order valence-electron chi connectivity index (χ3n) is 3.59. The van der Waals surface area contributed by atoms with Crippen molar-refractivity contribution in [2.75, 3.05) is 18.5 Å². The van der Waals surface area contributed by atoms with Crippen LogP contribution in [0, 0.1) is 6.92 Å². The van der Waals surface area contributed by atoms with Crippen molar-refractivity contribution >= 4 is 22.8 Å². The van der Waals surface area contributed by atoms with E-state index in [4.69, 9.17) is 4.74 Å². The lowest BCUT2D eigenvalue weighted by atomic mass is 10.0. The Bertz CT molecular complexity index is 863. The Hall–Kier alpha value is -2.95. The van der Waals surface area contributed by atoms with Crippen molar-refractivity contribution < 1.29 is 9.53 Å². The van der Waals surface area contributed by atoms with Gasteiger partial charge in [-0.15, -0.1) is 0 Å². The van der Waals surface area contributed by atoms with E-state index in [1.165, 1.54) is 0 Å². The van der Waals surface area contributed by atoms with Crippen LogP contribution in [0.15, 0.2) is 48.5 Å². The number of nitrogens with zero attached hydrogens (tertiary/aromatic N) is 2. The number of rotatable bonds is 5. The molecular formula is C19H19N3O2. The Labute approximate surface area is 140 Å². The van der Waals surface area contributed by atoms with Crippen LogP contribution in [0.25, 0.3) is 22.2 Å². The molecule has 0 atom stereocenters. The Morgan fingerprint density at radius 3 is 2.67 bits per heavy atom. The number of aromatic nitrogens is 2. The van der Waals surface area contributed by atoms with Crippen LogP contribution in [0.2, 0.25) is 0 Å². The molecule has 2 aromatic carbocycles. The topological polar surface area (TPSA) is 64.1 Å². The van der Waals surface area contributed by atoms with Crippen molar-refractivity contribution in [1.29, 1.82) is 0 Å². The van der Waals surface area contributed by atoms with Gasteiger partial charge in [-0.05, 0) is 26.0 Å². The van der Waals surface area contributed by atoms with E-state index in [2.05, 4.69) is 21.4 Å². The first-order valence-electron chi connectivity index (χ1n) is 7.90. The number of fused-ring (bicyclic) bond motifs is 1. The summed E-state index contributed by atoms with van der Waals surface area (Å²) in [5.74, 6) is 0.0876. The minimum atomic E-state index is -0.327. The van der Waals surface area contributed by atoms with Gasteiger partial charge in [-0.3, -0.25) is 4.79 Å². The van der Waals surface area contributed by atoms with Gasteiger partial charge in [0.25, 0.3) is 0 Å². The second-order valence-corrected chi connectivity index (χ2v) is 5.44. The molecule has 0 amide bonds. The van der Waals surface area contributed by atoms with Crippen molar-refractivity contribution in [2.24, 2.45) is 0 Å². The van der Waals surface area contributed by atoms with E-state index in [9.17, 15) is 4.79 Å². The summed E-state index contributed by atoms with van der Waals surface area (Å²) in [4.78, 5) is 20.7.